The predicted octanol–water partition coefficient (Wildman–Crippen LogP) is 3.58. The SMILES string of the molecule is COc1ccc(-c2cncc(NS(=O)(=O)c3cc(OC)ccc3OC)c2)cc1. The molecule has 146 valence electrons. The Kier molecular flexibility index (Phi) is 5.70. The van der Waals surface area contributed by atoms with E-state index in [4.69, 9.17) is 14.2 Å². The topological polar surface area (TPSA) is 86.8 Å². The smallest absolute Gasteiger partial charge is 0.265 e. The quantitative estimate of drug-likeness (QED) is 0.652. The van der Waals surface area contributed by atoms with Crippen molar-refractivity contribution in [2.24, 2.45) is 0 Å². The Balaban J connectivity index is 1.93. The van der Waals surface area contributed by atoms with Gasteiger partial charge in [-0.1, -0.05) is 12.1 Å². The summed E-state index contributed by atoms with van der Waals surface area (Å²) in [6.45, 7) is 0. The van der Waals surface area contributed by atoms with Gasteiger partial charge in [0.05, 0.1) is 33.2 Å². The molecule has 0 fully saturated rings. The Morgan fingerprint density at radius 3 is 2.11 bits per heavy atom. The lowest BCUT2D eigenvalue weighted by Gasteiger charge is -2.13. The largest absolute Gasteiger partial charge is 0.497 e. The van der Waals surface area contributed by atoms with Crippen LogP contribution in [0.25, 0.3) is 11.1 Å². The van der Waals surface area contributed by atoms with Gasteiger partial charge in [0.2, 0.25) is 0 Å². The molecule has 0 aliphatic heterocycles. The van der Waals surface area contributed by atoms with Crippen LogP contribution in [-0.4, -0.2) is 34.7 Å². The van der Waals surface area contributed by atoms with E-state index >= 15 is 0 Å². The van der Waals surface area contributed by atoms with Crippen LogP contribution in [0.5, 0.6) is 17.2 Å². The van der Waals surface area contributed by atoms with Gasteiger partial charge in [-0.05, 0) is 35.9 Å². The highest BCUT2D eigenvalue weighted by molar-refractivity contribution is 7.92. The van der Waals surface area contributed by atoms with E-state index in [1.165, 1.54) is 26.5 Å². The van der Waals surface area contributed by atoms with Crippen LogP contribution < -0.4 is 18.9 Å². The molecule has 3 rings (SSSR count). The molecule has 0 spiro atoms. The minimum Gasteiger partial charge on any atom is -0.497 e. The number of anilines is 1. The van der Waals surface area contributed by atoms with Gasteiger partial charge in [-0.15, -0.1) is 0 Å². The fourth-order valence-corrected chi connectivity index (χ4v) is 3.86. The molecular formula is C20H20N2O5S. The van der Waals surface area contributed by atoms with Crippen LogP contribution in [0, 0.1) is 0 Å². The Morgan fingerprint density at radius 2 is 1.46 bits per heavy atom. The Labute approximate surface area is 164 Å². The van der Waals surface area contributed by atoms with Gasteiger partial charge in [0.25, 0.3) is 10.0 Å². The molecule has 7 nitrogen and oxygen atoms in total. The van der Waals surface area contributed by atoms with Gasteiger partial charge >= 0.3 is 0 Å². The summed E-state index contributed by atoms with van der Waals surface area (Å²) >= 11 is 0. The maximum atomic E-state index is 12.9. The van der Waals surface area contributed by atoms with Crippen molar-refractivity contribution in [3.63, 3.8) is 0 Å². The molecule has 0 aliphatic carbocycles. The normalized spacial score (nSPS) is 11.0. The summed E-state index contributed by atoms with van der Waals surface area (Å²) in [6.07, 6.45) is 3.10. The Hall–Kier alpha value is -3.26. The first-order chi connectivity index (χ1) is 13.5. The molecule has 0 radical (unpaired) electrons. The molecule has 2 aromatic carbocycles. The molecule has 0 amide bonds. The molecule has 0 unspecified atom stereocenters. The number of ether oxygens (including phenoxy) is 3. The minimum absolute atomic E-state index is 0.0239. The molecule has 8 heteroatoms. The third-order valence-corrected chi connectivity index (χ3v) is 5.48. The molecule has 0 saturated heterocycles. The first-order valence-electron chi connectivity index (χ1n) is 8.31. The molecule has 1 heterocycles. The van der Waals surface area contributed by atoms with E-state index in [0.717, 1.165) is 16.9 Å². The highest BCUT2D eigenvalue weighted by atomic mass is 32.2. The standard InChI is InChI=1S/C20H20N2O5S/c1-25-17-6-4-14(5-7-17)15-10-16(13-21-12-15)22-28(23,24)20-11-18(26-2)8-9-19(20)27-3/h4-13,22H,1-3H3. The van der Waals surface area contributed by atoms with Crippen LogP contribution in [0.4, 0.5) is 5.69 Å². The summed E-state index contributed by atoms with van der Waals surface area (Å²) in [5.74, 6) is 1.36. The monoisotopic (exact) mass is 400 g/mol. The third kappa shape index (κ3) is 4.17. The van der Waals surface area contributed by atoms with Crippen molar-refractivity contribution < 1.29 is 22.6 Å². The van der Waals surface area contributed by atoms with E-state index in [2.05, 4.69) is 9.71 Å². The second kappa shape index (κ2) is 8.18. The van der Waals surface area contributed by atoms with Gasteiger partial charge in [0, 0.05) is 17.8 Å². The Bertz CT molecular complexity index is 1070. The van der Waals surface area contributed by atoms with E-state index in [-0.39, 0.29) is 10.6 Å². The summed E-state index contributed by atoms with van der Waals surface area (Å²) in [7, 11) is 0.558. The van der Waals surface area contributed by atoms with Gasteiger partial charge in [-0.3, -0.25) is 9.71 Å². The van der Waals surface area contributed by atoms with E-state index in [9.17, 15) is 8.42 Å². The van der Waals surface area contributed by atoms with Gasteiger partial charge in [0.1, 0.15) is 22.1 Å². The van der Waals surface area contributed by atoms with Gasteiger partial charge in [0.15, 0.2) is 0 Å². The summed E-state index contributed by atoms with van der Waals surface area (Å²) in [5.41, 5.74) is 1.98. The molecule has 0 aliphatic rings. The summed E-state index contributed by atoms with van der Waals surface area (Å²) in [4.78, 5) is 4.12. The van der Waals surface area contributed by atoms with Gasteiger partial charge < -0.3 is 14.2 Å². The fourth-order valence-electron chi connectivity index (χ4n) is 2.64. The van der Waals surface area contributed by atoms with Crippen molar-refractivity contribution in [1.29, 1.82) is 0 Å². The van der Waals surface area contributed by atoms with Gasteiger partial charge in [-0.2, -0.15) is 0 Å². The average Bonchev–Trinajstić information content (AvgIpc) is 2.73. The number of benzene rings is 2. The van der Waals surface area contributed by atoms with E-state index in [0.29, 0.717) is 11.4 Å². The third-order valence-electron chi connectivity index (χ3n) is 4.07. The zero-order valence-corrected chi connectivity index (χ0v) is 16.5. The number of hydrogen-bond acceptors (Lipinski definition) is 6. The molecule has 1 aromatic heterocycles. The van der Waals surface area contributed by atoms with E-state index in [1.807, 2.05) is 24.3 Å². The number of methoxy groups -OCH3 is 3. The molecule has 3 aromatic rings. The number of nitrogens with zero attached hydrogens (tertiary/aromatic N) is 1. The maximum absolute atomic E-state index is 12.9. The van der Waals surface area contributed by atoms with Crippen LogP contribution in [0.2, 0.25) is 0 Å². The van der Waals surface area contributed by atoms with E-state index in [1.54, 1.807) is 31.5 Å². The van der Waals surface area contributed by atoms with Crippen molar-refractivity contribution >= 4 is 15.7 Å². The number of rotatable bonds is 7. The lowest BCUT2D eigenvalue weighted by atomic mass is 10.1. The zero-order chi connectivity index (χ0) is 20.1. The first-order valence-corrected chi connectivity index (χ1v) is 9.79. The van der Waals surface area contributed by atoms with Crippen LogP contribution in [0.15, 0.2) is 65.8 Å². The molecule has 0 atom stereocenters. The minimum atomic E-state index is -3.91. The number of nitrogens with one attached hydrogen (secondary N) is 1. The molecule has 0 saturated carbocycles. The lowest BCUT2D eigenvalue weighted by Crippen LogP contribution is -2.14. The predicted molar refractivity (Wildman–Crippen MR) is 107 cm³/mol. The highest BCUT2D eigenvalue weighted by Crippen LogP contribution is 2.30. The zero-order valence-electron chi connectivity index (χ0n) is 15.7. The second-order valence-electron chi connectivity index (χ2n) is 5.81. The van der Waals surface area contributed by atoms with Crippen molar-refractivity contribution in [3.05, 3.63) is 60.9 Å². The summed E-state index contributed by atoms with van der Waals surface area (Å²) in [6, 6.07) is 13.7. The van der Waals surface area contributed by atoms with E-state index < -0.39 is 10.0 Å². The second-order valence-corrected chi connectivity index (χ2v) is 7.46. The number of sulfonamides is 1. The van der Waals surface area contributed by atoms with Gasteiger partial charge in [-0.25, -0.2) is 8.42 Å². The van der Waals surface area contributed by atoms with Crippen molar-refractivity contribution in [2.45, 2.75) is 4.90 Å². The average molecular weight is 400 g/mol. The first kappa shape index (κ1) is 19.5. The maximum Gasteiger partial charge on any atom is 0.265 e. The Morgan fingerprint density at radius 1 is 0.786 bits per heavy atom. The number of pyridine rings is 1. The lowest BCUT2D eigenvalue weighted by molar-refractivity contribution is 0.392. The van der Waals surface area contributed by atoms with Crippen LogP contribution in [0.1, 0.15) is 0 Å². The highest BCUT2D eigenvalue weighted by Gasteiger charge is 2.21. The molecular weight excluding hydrogens is 380 g/mol. The van der Waals surface area contributed by atoms with Crippen molar-refractivity contribution in [3.8, 4) is 28.4 Å². The van der Waals surface area contributed by atoms with Crippen LogP contribution >= 0.6 is 0 Å². The van der Waals surface area contributed by atoms with Crippen LogP contribution in [0.3, 0.4) is 0 Å². The fraction of sp³-hybridized carbons (Fsp3) is 0.150. The summed E-state index contributed by atoms with van der Waals surface area (Å²) < 4.78 is 43.8. The molecule has 28 heavy (non-hydrogen) atoms. The molecule has 1 N–H and O–H groups in total. The number of aromatic nitrogens is 1. The van der Waals surface area contributed by atoms with Crippen molar-refractivity contribution in [1.82, 2.24) is 4.98 Å². The van der Waals surface area contributed by atoms with Crippen LogP contribution in [-0.2, 0) is 10.0 Å². The summed E-state index contributed by atoms with van der Waals surface area (Å²) in [5, 5.41) is 0. The number of hydrogen-bond donors (Lipinski definition) is 1. The molecule has 0 bridgehead atoms. The van der Waals surface area contributed by atoms with Crippen molar-refractivity contribution in [2.75, 3.05) is 26.1 Å².